The van der Waals surface area contributed by atoms with Crippen molar-refractivity contribution in [2.45, 2.75) is 85.0 Å². The van der Waals surface area contributed by atoms with Crippen molar-refractivity contribution in [1.29, 1.82) is 0 Å². The number of unbranched alkanes of at least 4 members (excludes halogenated alkanes) is 6. The van der Waals surface area contributed by atoms with Crippen molar-refractivity contribution in [3.63, 3.8) is 0 Å². The molecule has 0 saturated heterocycles. The fourth-order valence-corrected chi connectivity index (χ4v) is 10.4. The zero-order valence-electron chi connectivity index (χ0n) is 14.9. The molecule has 0 aromatic carbocycles. The molecule has 0 aromatic rings. The number of hydrogen-bond donors (Lipinski definition) is 1. The van der Waals surface area contributed by atoms with Gasteiger partial charge in [0.05, 0.1) is 0 Å². The van der Waals surface area contributed by atoms with E-state index in [0.717, 1.165) is 12.8 Å². The Morgan fingerprint density at radius 2 is 1.00 bits per heavy atom. The van der Waals surface area contributed by atoms with Crippen LogP contribution in [0, 0.1) is 0 Å². The van der Waals surface area contributed by atoms with Gasteiger partial charge in [-0.05, 0) is 0 Å². The summed E-state index contributed by atoms with van der Waals surface area (Å²) in [5.41, 5.74) is 0. The van der Waals surface area contributed by atoms with Gasteiger partial charge in [0, 0.05) is 0 Å². The van der Waals surface area contributed by atoms with Gasteiger partial charge >= 0.3 is 139 Å². The Hall–Kier alpha value is 0.680. The van der Waals surface area contributed by atoms with Gasteiger partial charge in [-0.25, -0.2) is 0 Å². The summed E-state index contributed by atoms with van der Waals surface area (Å²) in [6, 6.07) is 0. The van der Waals surface area contributed by atoms with Crippen molar-refractivity contribution in [3.8, 4) is 0 Å². The van der Waals surface area contributed by atoms with E-state index in [2.05, 4.69) is 20.8 Å². The number of rotatable bonds is 15. The van der Waals surface area contributed by atoms with E-state index in [9.17, 15) is 0 Å². The molecule has 0 atom stereocenters. The van der Waals surface area contributed by atoms with Gasteiger partial charge in [-0.3, -0.25) is 0 Å². The van der Waals surface area contributed by atoms with Crippen molar-refractivity contribution in [3.05, 3.63) is 0 Å². The quantitative estimate of drug-likeness (QED) is 0.262. The first-order valence-corrected chi connectivity index (χ1v) is 13.3. The van der Waals surface area contributed by atoms with Crippen molar-refractivity contribution in [2.24, 2.45) is 0 Å². The normalized spacial score (nSPS) is 14.0. The molecule has 0 fully saturated rings. The zero-order chi connectivity index (χ0) is 16.1. The molecule has 0 unspecified atom stereocenters. The van der Waals surface area contributed by atoms with E-state index in [1.807, 2.05) is 0 Å². The third-order valence-electron chi connectivity index (χ3n) is 4.84. The zero-order valence-corrected chi connectivity index (χ0v) is 16.5. The Kier molecular flexibility index (Phi) is 12.5. The molecule has 3 heteroatoms. The second kappa shape index (κ2) is 12.1. The van der Waals surface area contributed by atoms with E-state index in [1.54, 1.807) is 0 Å². The van der Waals surface area contributed by atoms with E-state index in [1.165, 1.54) is 76.0 Å². The van der Waals surface area contributed by atoms with Crippen LogP contribution in [0.15, 0.2) is 0 Å². The molecule has 0 bridgehead atoms. The summed E-state index contributed by atoms with van der Waals surface area (Å²) < 4.78 is 0. The van der Waals surface area contributed by atoms with E-state index in [0.29, 0.717) is 6.61 Å². The molecule has 130 valence electrons. The molecular weight excluding hydrogens is 299 g/mol. The van der Waals surface area contributed by atoms with Gasteiger partial charge in [0.15, 0.2) is 0 Å². The summed E-state index contributed by atoms with van der Waals surface area (Å²) in [5, 5.41) is 8.91. The predicted octanol–water partition coefficient (Wildman–Crippen LogP) is 6.65. The molecule has 1 nitrogen and oxygen atoms in total. The summed E-state index contributed by atoms with van der Waals surface area (Å²) in [5.74, 6) is -1.99. The first kappa shape index (κ1) is 21.7. The molecule has 0 heterocycles. The maximum absolute atomic E-state index is 8.91. The molecule has 0 saturated carbocycles. The predicted molar refractivity (Wildman–Crippen MR) is 103 cm³/mol. The Bertz CT molecular complexity index is 221. The molecule has 21 heavy (non-hydrogen) atoms. The van der Waals surface area contributed by atoms with Crippen molar-refractivity contribution in [1.82, 2.24) is 0 Å². The standard InChI is InChI=1S/C18H40ClOP/c1-4-7-15-21(19,16-8-5-2,17-9-6-3)18-13-11-10-12-14-20/h20H,4-18H2,1-3H3. The van der Waals surface area contributed by atoms with Gasteiger partial charge in [0.25, 0.3) is 0 Å². The Labute approximate surface area is 139 Å². The van der Waals surface area contributed by atoms with E-state index < -0.39 is 5.96 Å². The second-order valence-electron chi connectivity index (χ2n) is 6.91. The molecule has 0 aliphatic heterocycles. The van der Waals surface area contributed by atoms with Gasteiger partial charge in [-0.15, -0.1) is 0 Å². The number of hydrogen-bond acceptors (Lipinski definition) is 1. The molecule has 0 rings (SSSR count). The first-order chi connectivity index (χ1) is 10.0. The number of aliphatic hydroxyl groups is 1. The van der Waals surface area contributed by atoms with Crippen LogP contribution in [0.3, 0.4) is 0 Å². The van der Waals surface area contributed by atoms with E-state index in [-0.39, 0.29) is 0 Å². The minimum absolute atomic E-state index is 0.339. The van der Waals surface area contributed by atoms with Crippen LogP contribution in [0.1, 0.15) is 85.0 Å². The van der Waals surface area contributed by atoms with Crippen LogP contribution in [0.4, 0.5) is 0 Å². The van der Waals surface area contributed by atoms with E-state index >= 15 is 0 Å². The summed E-state index contributed by atoms with van der Waals surface area (Å²) in [7, 11) is 0. The van der Waals surface area contributed by atoms with Crippen LogP contribution in [0.2, 0.25) is 0 Å². The SMILES string of the molecule is CCCCP(Cl)(CCCC)(CCCC)CCCCCCO. The summed E-state index contributed by atoms with van der Waals surface area (Å²) in [6.45, 7) is 7.21. The van der Waals surface area contributed by atoms with Crippen molar-refractivity contribution in [2.75, 3.05) is 31.3 Å². The van der Waals surface area contributed by atoms with E-state index in [4.69, 9.17) is 16.3 Å². The molecule has 0 radical (unpaired) electrons. The van der Waals surface area contributed by atoms with Crippen molar-refractivity contribution < 1.29 is 5.11 Å². The van der Waals surface area contributed by atoms with Crippen LogP contribution in [0.25, 0.3) is 0 Å². The fourth-order valence-electron chi connectivity index (χ4n) is 3.30. The average Bonchev–Trinajstić information content (AvgIpc) is 2.50. The number of aliphatic hydroxyl groups excluding tert-OH is 1. The van der Waals surface area contributed by atoms with Gasteiger partial charge in [-0.2, -0.15) is 0 Å². The third-order valence-corrected chi connectivity index (χ3v) is 12.6. The number of halogens is 1. The summed E-state index contributed by atoms with van der Waals surface area (Å²) in [4.78, 5) is 0. The molecule has 0 aliphatic rings. The molecule has 1 N–H and O–H groups in total. The Morgan fingerprint density at radius 1 is 0.619 bits per heavy atom. The van der Waals surface area contributed by atoms with Gasteiger partial charge in [0.2, 0.25) is 0 Å². The maximum atomic E-state index is 8.91. The minimum atomic E-state index is -1.99. The molecule has 0 aliphatic carbocycles. The van der Waals surface area contributed by atoms with Crippen LogP contribution < -0.4 is 0 Å². The molecular formula is C18H40ClOP. The average molecular weight is 339 g/mol. The van der Waals surface area contributed by atoms with Crippen LogP contribution >= 0.6 is 17.2 Å². The van der Waals surface area contributed by atoms with Crippen molar-refractivity contribution >= 4 is 17.2 Å². The molecule has 0 amide bonds. The summed E-state index contributed by atoms with van der Waals surface area (Å²) >= 11 is 7.53. The summed E-state index contributed by atoms with van der Waals surface area (Å²) in [6.07, 6.45) is 17.6. The molecule has 0 spiro atoms. The van der Waals surface area contributed by atoms with Gasteiger partial charge in [0.1, 0.15) is 0 Å². The van der Waals surface area contributed by atoms with Gasteiger partial charge in [-0.1, -0.05) is 0 Å². The van der Waals surface area contributed by atoms with Crippen LogP contribution in [0.5, 0.6) is 0 Å². The van der Waals surface area contributed by atoms with Crippen LogP contribution in [-0.4, -0.2) is 36.4 Å². The third kappa shape index (κ3) is 9.42. The first-order valence-electron chi connectivity index (χ1n) is 9.37. The van der Waals surface area contributed by atoms with Crippen LogP contribution in [-0.2, 0) is 0 Å². The second-order valence-corrected chi connectivity index (χ2v) is 15.2. The molecule has 0 aromatic heterocycles. The topological polar surface area (TPSA) is 20.2 Å². The monoisotopic (exact) mass is 338 g/mol. The fraction of sp³-hybridized carbons (Fsp3) is 1.00. The Balaban J connectivity index is 4.70. The van der Waals surface area contributed by atoms with Gasteiger partial charge < -0.3 is 0 Å². The Morgan fingerprint density at radius 3 is 1.38 bits per heavy atom.